The summed E-state index contributed by atoms with van der Waals surface area (Å²) in [6, 6.07) is 5.10. The largest absolute Gasteiger partial charge is 0.497 e. The summed E-state index contributed by atoms with van der Waals surface area (Å²) < 4.78 is 10.2. The number of hydrogen-bond donors (Lipinski definition) is 1. The minimum atomic E-state index is -0.162. The van der Waals surface area contributed by atoms with Crippen molar-refractivity contribution in [3.63, 3.8) is 0 Å². The van der Waals surface area contributed by atoms with Gasteiger partial charge in [0.2, 0.25) is 0 Å². The summed E-state index contributed by atoms with van der Waals surface area (Å²) in [5.74, 6) is 1.53. The number of benzene rings is 1. The molecule has 0 aliphatic rings. The van der Waals surface area contributed by atoms with Crippen molar-refractivity contribution >= 4 is 17.5 Å². The van der Waals surface area contributed by atoms with E-state index in [0.717, 1.165) is 6.42 Å². The number of carbonyl (C=O) groups is 1. The van der Waals surface area contributed by atoms with Crippen LogP contribution in [0.4, 0.5) is 0 Å². The van der Waals surface area contributed by atoms with Crippen molar-refractivity contribution in [1.29, 1.82) is 0 Å². The Morgan fingerprint density at radius 3 is 2.28 bits per heavy atom. The van der Waals surface area contributed by atoms with Gasteiger partial charge in [0.15, 0.2) is 0 Å². The van der Waals surface area contributed by atoms with Crippen LogP contribution in [-0.4, -0.2) is 32.0 Å². The molecule has 1 amide bonds. The van der Waals surface area contributed by atoms with Crippen LogP contribution in [0.25, 0.3) is 0 Å². The van der Waals surface area contributed by atoms with Gasteiger partial charge in [0.05, 0.1) is 14.2 Å². The predicted octanol–water partition coefficient (Wildman–Crippen LogP) is 2.45. The second-order valence-corrected chi connectivity index (χ2v) is 4.33. The number of ether oxygens (including phenoxy) is 2. The van der Waals surface area contributed by atoms with Gasteiger partial charge in [-0.3, -0.25) is 4.79 Å². The number of halogens is 1. The highest BCUT2D eigenvalue weighted by Crippen LogP contribution is 2.22. The van der Waals surface area contributed by atoms with Gasteiger partial charge in [0.1, 0.15) is 11.5 Å². The number of hydrogen-bond acceptors (Lipinski definition) is 3. The van der Waals surface area contributed by atoms with E-state index in [1.54, 1.807) is 32.4 Å². The first kappa shape index (κ1) is 14.6. The molecule has 0 aromatic heterocycles. The standard InChI is InChI=1S/C13H18ClNO3/c1-9(4-5-14)15-13(16)10-6-11(17-2)8-12(7-10)18-3/h6-9H,4-5H2,1-3H3,(H,15,16). The number of alkyl halides is 1. The average molecular weight is 272 g/mol. The molecule has 1 rings (SSSR count). The van der Waals surface area contributed by atoms with Crippen molar-refractivity contribution in [2.45, 2.75) is 19.4 Å². The summed E-state index contributed by atoms with van der Waals surface area (Å²) >= 11 is 5.63. The zero-order chi connectivity index (χ0) is 13.5. The molecule has 5 heteroatoms. The maximum absolute atomic E-state index is 12.0. The lowest BCUT2D eigenvalue weighted by atomic mass is 10.1. The molecular weight excluding hydrogens is 254 g/mol. The van der Waals surface area contributed by atoms with Crippen LogP contribution in [-0.2, 0) is 0 Å². The van der Waals surface area contributed by atoms with Gasteiger partial charge in [0.25, 0.3) is 5.91 Å². The Kier molecular flexibility index (Phi) is 5.78. The van der Waals surface area contributed by atoms with Gasteiger partial charge in [-0.1, -0.05) is 0 Å². The Morgan fingerprint density at radius 1 is 1.28 bits per heavy atom. The van der Waals surface area contributed by atoms with Gasteiger partial charge < -0.3 is 14.8 Å². The van der Waals surface area contributed by atoms with Crippen molar-refractivity contribution in [1.82, 2.24) is 5.32 Å². The molecule has 0 spiro atoms. The highest BCUT2D eigenvalue weighted by molar-refractivity contribution is 6.17. The fourth-order valence-corrected chi connectivity index (χ4v) is 1.81. The fraction of sp³-hybridized carbons (Fsp3) is 0.462. The highest BCUT2D eigenvalue weighted by atomic mass is 35.5. The maximum Gasteiger partial charge on any atom is 0.251 e. The molecule has 1 aromatic rings. The highest BCUT2D eigenvalue weighted by Gasteiger charge is 2.12. The minimum Gasteiger partial charge on any atom is -0.497 e. The number of nitrogens with one attached hydrogen (secondary N) is 1. The van der Waals surface area contributed by atoms with Crippen LogP contribution in [0.5, 0.6) is 11.5 Å². The molecule has 1 atom stereocenters. The molecule has 0 saturated carbocycles. The molecule has 0 bridgehead atoms. The van der Waals surface area contributed by atoms with Gasteiger partial charge in [-0.25, -0.2) is 0 Å². The lowest BCUT2D eigenvalue weighted by molar-refractivity contribution is 0.0938. The van der Waals surface area contributed by atoms with Crippen molar-refractivity contribution in [3.05, 3.63) is 23.8 Å². The first-order valence-corrected chi connectivity index (χ1v) is 6.24. The van der Waals surface area contributed by atoms with Crippen LogP contribution in [0.1, 0.15) is 23.7 Å². The summed E-state index contributed by atoms with van der Waals surface area (Å²) in [6.45, 7) is 1.91. The predicted molar refractivity (Wildman–Crippen MR) is 71.8 cm³/mol. The van der Waals surface area contributed by atoms with E-state index in [1.165, 1.54) is 0 Å². The molecule has 0 fully saturated rings. The molecular formula is C13H18ClNO3. The zero-order valence-electron chi connectivity index (χ0n) is 10.8. The molecule has 1 N–H and O–H groups in total. The van der Waals surface area contributed by atoms with Crippen LogP contribution in [0.2, 0.25) is 0 Å². The van der Waals surface area contributed by atoms with Gasteiger partial charge in [-0.05, 0) is 25.5 Å². The molecule has 0 heterocycles. The monoisotopic (exact) mass is 271 g/mol. The smallest absolute Gasteiger partial charge is 0.251 e. The molecule has 4 nitrogen and oxygen atoms in total. The lowest BCUT2D eigenvalue weighted by Gasteiger charge is -2.13. The average Bonchev–Trinajstić information content (AvgIpc) is 2.38. The Hall–Kier alpha value is -1.42. The van der Waals surface area contributed by atoms with E-state index in [1.807, 2.05) is 6.92 Å². The summed E-state index contributed by atoms with van der Waals surface area (Å²) in [5.41, 5.74) is 0.507. The number of amides is 1. The van der Waals surface area contributed by atoms with E-state index >= 15 is 0 Å². The van der Waals surface area contributed by atoms with Crippen LogP contribution >= 0.6 is 11.6 Å². The molecule has 1 unspecified atom stereocenters. The third kappa shape index (κ3) is 4.11. The Morgan fingerprint density at radius 2 is 1.83 bits per heavy atom. The van der Waals surface area contributed by atoms with Gasteiger partial charge in [0, 0.05) is 23.6 Å². The summed E-state index contributed by atoms with van der Waals surface area (Å²) in [6.07, 6.45) is 0.731. The topological polar surface area (TPSA) is 47.6 Å². The Bertz CT molecular complexity index is 387. The molecule has 0 aliphatic carbocycles. The second kappa shape index (κ2) is 7.11. The van der Waals surface area contributed by atoms with Crippen LogP contribution in [0.15, 0.2) is 18.2 Å². The molecule has 18 heavy (non-hydrogen) atoms. The van der Waals surface area contributed by atoms with Gasteiger partial charge in [-0.2, -0.15) is 0 Å². The van der Waals surface area contributed by atoms with Crippen LogP contribution < -0.4 is 14.8 Å². The van der Waals surface area contributed by atoms with E-state index in [-0.39, 0.29) is 11.9 Å². The summed E-state index contributed by atoms with van der Waals surface area (Å²) in [5, 5.41) is 2.87. The Balaban J connectivity index is 2.84. The third-order valence-electron chi connectivity index (χ3n) is 2.53. The van der Waals surface area contributed by atoms with E-state index in [0.29, 0.717) is 22.9 Å². The van der Waals surface area contributed by atoms with Gasteiger partial charge >= 0.3 is 0 Å². The van der Waals surface area contributed by atoms with E-state index in [4.69, 9.17) is 21.1 Å². The molecule has 0 aliphatic heterocycles. The number of methoxy groups -OCH3 is 2. The van der Waals surface area contributed by atoms with E-state index in [2.05, 4.69) is 5.32 Å². The molecule has 0 radical (unpaired) electrons. The summed E-state index contributed by atoms with van der Waals surface area (Å²) in [7, 11) is 3.10. The van der Waals surface area contributed by atoms with Crippen LogP contribution in [0, 0.1) is 0 Å². The van der Waals surface area contributed by atoms with Crippen molar-refractivity contribution < 1.29 is 14.3 Å². The van der Waals surface area contributed by atoms with E-state index < -0.39 is 0 Å². The molecule has 1 aromatic carbocycles. The molecule has 0 saturated heterocycles. The molecule has 100 valence electrons. The fourth-order valence-electron chi connectivity index (χ4n) is 1.48. The quantitative estimate of drug-likeness (QED) is 0.809. The first-order valence-electron chi connectivity index (χ1n) is 5.70. The van der Waals surface area contributed by atoms with Crippen LogP contribution in [0.3, 0.4) is 0 Å². The Labute approximate surface area is 112 Å². The lowest BCUT2D eigenvalue weighted by Crippen LogP contribution is -2.32. The van der Waals surface area contributed by atoms with Crippen molar-refractivity contribution in [2.75, 3.05) is 20.1 Å². The van der Waals surface area contributed by atoms with Crippen molar-refractivity contribution in [3.8, 4) is 11.5 Å². The van der Waals surface area contributed by atoms with Crippen molar-refractivity contribution in [2.24, 2.45) is 0 Å². The van der Waals surface area contributed by atoms with E-state index in [9.17, 15) is 4.79 Å². The number of carbonyl (C=O) groups excluding carboxylic acids is 1. The minimum absolute atomic E-state index is 0.0344. The number of rotatable bonds is 6. The second-order valence-electron chi connectivity index (χ2n) is 3.95. The maximum atomic E-state index is 12.0. The third-order valence-corrected chi connectivity index (χ3v) is 2.75. The zero-order valence-corrected chi connectivity index (χ0v) is 11.6. The SMILES string of the molecule is COc1cc(OC)cc(C(=O)NC(C)CCCl)c1. The normalized spacial score (nSPS) is 11.8. The first-order chi connectivity index (χ1) is 8.60. The van der Waals surface area contributed by atoms with Gasteiger partial charge in [-0.15, -0.1) is 11.6 Å². The summed E-state index contributed by atoms with van der Waals surface area (Å²) in [4.78, 5) is 12.0.